The summed E-state index contributed by atoms with van der Waals surface area (Å²) in [7, 11) is 0. The van der Waals surface area contributed by atoms with E-state index in [0.717, 1.165) is 19.4 Å². The van der Waals surface area contributed by atoms with Crippen LogP contribution in [-0.4, -0.2) is 18.1 Å². The van der Waals surface area contributed by atoms with Gasteiger partial charge in [-0.2, -0.15) is 0 Å². The van der Waals surface area contributed by atoms with Gasteiger partial charge in [0, 0.05) is 17.4 Å². The Bertz CT molecular complexity index is 250. The molecular weight excluding hydrogens is 232 g/mol. The summed E-state index contributed by atoms with van der Waals surface area (Å²) < 4.78 is 6.13. The Morgan fingerprint density at radius 1 is 1.18 bits per heavy atom. The average Bonchev–Trinajstić information content (AvgIpc) is 2.28. The van der Waals surface area contributed by atoms with E-state index in [9.17, 15) is 0 Å². The molecule has 2 unspecified atom stereocenters. The lowest BCUT2D eigenvalue weighted by molar-refractivity contribution is -0.128. The van der Waals surface area contributed by atoms with Crippen molar-refractivity contribution < 1.29 is 4.74 Å². The molecule has 0 aliphatic heterocycles. The van der Waals surface area contributed by atoms with Gasteiger partial charge in [-0.25, -0.2) is 0 Å². The molecule has 0 aromatic heterocycles. The summed E-state index contributed by atoms with van der Waals surface area (Å²) in [4.78, 5) is 0. The Labute approximate surface area is 111 Å². The third-order valence-electron chi connectivity index (χ3n) is 4.64. The second-order valence-corrected chi connectivity index (χ2v) is 7.69. The molecule has 0 amide bonds. The third-order valence-corrected chi connectivity index (χ3v) is 5.25. The van der Waals surface area contributed by atoms with E-state index in [-0.39, 0.29) is 0 Å². The first kappa shape index (κ1) is 13.7. The smallest absolute Gasteiger partial charge is 0.0659 e. The maximum Gasteiger partial charge on any atom is 0.0659 e. The van der Waals surface area contributed by atoms with Gasteiger partial charge in [0.25, 0.3) is 0 Å². The van der Waals surface area contributed by atoms with Crippen molar-refractivity contribution in [2.75, 3.05) is 6.61 Å². The Balaban J connectivity index is 1.81. The standard InChI is InChI=1S/C15H27ClO/c1-14(2,3)9-10-17-13-11-12(16)15(13)7-5-4-6-8-15/h12-13H,4-11H2,1-3H3. The molecule has 100 valence electrons. The van der Waals surface area contributed by atoms with Crippen molar-refractivity contribution in [2.24, 2.45) is 10.8 Å². The van der Waals surface area contributed by atoms with E-state index in [2.05, 4.69) is 20.8 Å². The summed E-state index contributed by atoms with van der Waals surface area (Å²) in [6.45, 7) is 7.73. The number of rotatable bonds is 3. The minimum Gasteiger partial charge on any atom is -0.378 e. The Morgan fingerprint density at radius 2 is 1.82 bits per heavy atom. The maximum atomic E-state index is 6.47. The molecule has 0 bridgehead atoms. The third kappa shape index (κ3) is 2.98. The van der Waals surface area contributed by atoms with Crippen LogP contribution in [0.2, 0.25) is 0 Å². The van der Waals surface area contributed by atoms with E-state index in [4.69, 9.17) is 16.3 Å². The van der Waals surface area contributed by atoms with Gasteiger partial charge in [0.2, 0.25) is 0 Å². The number of alkyl halides is 1. The fourth-order valence-electron chi connectivity index (χ4n) is 3.29. The van der Waals surface area contributed by atoms with Gasteiger partial charge in [0.05, 0.1) is 6.10 Å². The molecular formula is C15H27ClO. The molecule has 2 fully saturated rings. The molecule has 0 heterocycles. The van der Waals surface area contributed by atoms with Crippen LogP contribution in [0.5, 0.6) is 0 Å². The zero-order valence-corrected chi connectivity index (χ0v) is 12.4. The first-order valence-electron chi connectivity index (χ1n) is 7.20. The summed E-state index contributed by atoms with van der Waals surface area (Å²) in [6, 6.07) is 0. The van der Waals surface area contributed by atoms with Crippen LogP contribution in [0.25, 0.3) is 0 Å². The molecule has 17 heavy (non-hydrogen) atoms. The van der Waals surface area contributed by atoms with Crippen LogP contribution in [0.4, 0.5) is 0 Å². The van der Waals surface area contributed by atoms with E-state index in [1.807, 2.05) is 0 Å². The molecule has 2 heteroatoms. The minimum atomic E-state index is 0.345. The first-order chi connectivity index (χ1) is 7.94. The van der Waals surface area contributed by atoms with Gasteiger partial charge in [-0.15, -0.1) is 11.6 Å². The Morgan fingerprint density at radius 3 is 2.35 bits per heavy atom. The summed E-state index contributed by atoms with van der Waals surface area (Å²) >= 11 is 6.47. The Hall–Kier alpha value is 0.250. The molecule has 2 aliphatic rings. The topological polar surface area (TPSA) is 9.23 Å². The first-order valence-corrected chi connectivity index (χ1v) is 7.63. The van der Waals surface area contributed by atoms with Crippen LogP contribution >= 0.6 is 11.6 Å². The van der Waals surface area contributed by atoms with E-state index in [0.29, 0.717) is 22.3 Å². The molecule has 0 aromatic rings. The van der Waals surface area contributed by atoms with Gasteiger partial charge < -0.3 is 4.74 Å². The normalized spacial score (nSPS) is 32.5. The summed E-state index contributed by atoms with van der Waals surface area (Å²) in [5.41, 5.74) is 0.724. The molecule has 0 N–H and O–H groups in total. The van der Waals surface area contributed by atoms with Crippen molar-refractivity contribution in [1.82, 2.24) is 0 Å². The maximum absolute atomic E-state index is 6.47. The van der Waals surface area contributed by atoms with Gasteiger partial charge in [-0.1, -0.05) is 40.0 Å². The molecule has 2 saturated carbocycles. The van der Waals surface area contributed by atoms with Gasteiger partial charge >= 0.3 is 0 Å². The molecule has 1 spiro atoms. The molecule has 2 atom stereocenters. The minimum absolute atomic E-state index is 0.345. The van der Waals surface area contributed by atoms with E-state index < -0.39 is 0 Å². The fraction of sp³-hybridized carbons (Fsp3) is 1.00. The van der Waals surface area contributed by atoms with Crippen LogP contribution in [-0.2, 0) is 4.74 Å². The molecule has 2 aliphatic carbocycles. The van der Waals surface area contributed by atoms with Crippen molar-refractivity contribution >= 4 is 11.6 Å². The monoisotopic (exact) mass is 258 g/mol. The van der Waals surface area contributed by atoms with Crippen molar-refractivity contribution in [2.45, 2.75) is 77.2 Å². The second kappa shape index (κ2) is 5.09. The number of hydrogen-bond donors (Lipinski definition) is 0. The molecule has 0 aromatic carbocycles. The lowest BCUT2D eigenvalue weighted by atomic mass is 9.58. The number of ether oxygens (including phenoxy) is 1. The quantitative estimate of drug-likeness (QED) is 0.663. The van der Waals surface area contributed by atoms with Gasteiger partial charge in [-0.3, -0.25) is 0 Å². The highest BCUT2D eigenvalue weighted by Gasteiger charge is 2.54. The van der Waals surface area contributed by atoms with E-state index in [1.54, 1.807) is 0 Å². The van der Waals surface area contributed by atoms with E-state index >= 15 is 0 Å². The molecule has 2 rings (SSSR count). The Kier molecular flexibility index (Phi) is 4.09. The SMILES string of the molecule is CC(C)(C)CCOC1CC(Cl)C12CCCCC2. The largest absolute Gasteiger partial charge is 0.378 e. The number of halogens is 1. The summed E-state index contributed by atoms with van der Waals surface area (Å²) in [5, 5.41) is 0.377. The van der Waals surface area contributed by atoms with Crippen molar-refractivity contribution in [3.8, 4) is 0 Å². The predicted octanol–water partition coefficient (Wildman–Crippen LogP) is 4.77. The van der Waals surface area contributed by atoms with Crippen LogP contribution in [0, 0.1) is 10.8 Å². The lowest BCUT2D eigenvalue weighted by Gasteiger charge is -2.55. The number of hydrogen-bond acceptors (Lipinski definition) is 1. The second-order valence-electron chi connectivity index (χ2n) is 7.17. The lowest BCUT2D eigenvalue weighted by Crippen LogP contribution is -2.56. The zero-order chi connectivity index (χ0) is 12.5. The highest BCUT2D eigenvalue weighted by atomic mass is 35.5. The van der Waals surface area contributed by atoms with Gasteiger partial charge in [0.15, 0.2) is 0 Å². The molecule has 0 radical (unpaired) electrons. The van der Waals surface area contributed by atoms with Crippen molar-refractivity contribution in [3.05, 3.63) is 0 Å². The van der Waals surface area contributed by atoms with Crippen molar-refractivity contribution in [3.63, 3.8) is 0 Å². The predicted molar refractivity (Wildman–Crippen MR) is 73.6 cm³/mol. The van der Waals surface area contributed by atoms with Gasteiger partial charge in [-0.05, 0) is 31.1 Å². The summed E-state index contributed by atoms with van der Waals surface area (Å²) in [5.74, 6) is 0. The van der Waals surface area contributed by atoms with Gasteiger partial charge in [0.1, 0.15) is 0 Å². The fourth-order valence-corrected chi connectivity index (χ4v) is 3.81. The van der Waals surface area contributed by atoms with Crippen LogP contribution in [0.1, 0.15) is 65.7 Å². The van der Waals surface area contributed by atoms with Crippen LogP contribution < -0.4 is 0 Å². The molecule has 0 saturated heterocycles. The molecule has 1 nitrogen and oxygen atoms in total. The zero-order valence-electron chi connectivity index (χ0n) is 11.6. The highest BCUT2D eigenvalue weighted by molar-refractivity contribution is 6.21. The van der Waals surface area contributed by atoms with Crippen LogP contribution in [0.15, 0.2) is 0 Å². The van der Waals surface area contributed by atoms with E-state index in [1.165, 1.54) is 32.1 Å². The van der Waals surface area contributed by atoms with Crippen molar-refractivity contribution in [1.29, 1.82) is 0 Å². The van der Waals surface area contributed by atoms with Crippen LogP contribution in [0.3, 0.4) is 0 Å². The highest BCUT2D eigenvalue weighted by Crippen LogP contribution is 2.55. The summed E-state index contributed by atoms with van der Waals surface area (Å²) in [6.07, 6.45) is 9.35. The average molecular weight is 259 g/mol.